The summed E-state index contributed by atoms with van der Waals surface area (Å²) >= 11 is 12.8. The van der Waals surface area contributed by atoms with Crippen LogP contribution in [0, 0.1) is 0 Å². The monoisotopic (exact) mass is 543 g/mol. The minimum absolute atomic E-state index is 0.144. The van der Waals surface area contributed by atoms with Crippen LogP contribution in [0.2, 0.25) is 10.0 Å². The summed E-state index contributed by atoms with van der Waals surface area (Å²) in [5.41, 5.74) is 1.65. The molecule has 9 heteroatoms. The molecule has 0 unspecified atom stereocenters. The lowest BCUT2D eigenvalue weighted by Crippen LogP contribution is -2.32. The number of hydrogen-bond acceptors (Lipinski definition) is 6. The van der Waals surface area contributed by atoms with Crippen molar-refractivity contribution >= 4 is 52.2 Å². The fraction of sp³-hybridized carbons (Fsp3) is 0.185. The Morgan fingerprint density at radius 1 is 0.889 bits per heavy atom. The molecule has 6 nitrogen and oxygen atoms in total. The third-order valence-corrected chi connectivity index (χ3v) is 6.51. The van der Waals surface area contributed by atoms with Crippen molar-refractivity contribution < 1.29 is 23.8 Å². The molecule has 1 aliphatic heterocycles. The SMILES string of the molecule is CCOc1cc(/C=C2\SC(=O)N(CCOc3ccc(Cl)cc3)C2=O)ccc1OCc1cccc(Cl)c1. The van der Waals surface area contributed by atoms with Crippen LogP contribution in [0.4, 0.5) is 4.79 Å². The van der Waals surface area contributed by atoms with Gasteiger partial charge in [-0.2, -0.15) is 0 Å². The van der Waals surface area contributed by atoms with Gasteiger partial charge in [0.2, 0.25) is 0 Å². The van der Waals surface area contributed by atoms with E-state index in [1.54, 1.807) is 48.5 Å². The van der Waals surface area contributed by atoms with Gasteiger partial charge >= 0.3 is 0 Å². The number of hydrogen-bond donors (Lipinski definition) is 0. The molecule has 3 aromatic rings. The van der Waals surface area contributed by atoms with E-state index in [0.717, 1.165) is 22.9 Å². The summed E-state index contributed by atoms with van der Waals surface area (Å²) in [6, 6.07) is 19.7. The molecule has 0 aromatic heterocycles. The van der Waals surface area contributed by atoms with Crippen LogP contribution < -0.4 is 14.2 Å². The van der Waals surface area contributed by atoms with Crippen molar-refractivity contribution in [3.63, 3.8) is 0 Å². The lowest BCUT2D eigenvalue weighted by atomic mass is 10.1. The van der Waals surface area contributed by atoms with Crippen molar-refractivity contribution in [3.8, 4) is 17.2 Å². The Kier molecular flexibility index (Phi) is 8.80. The molecule has 0 aliphatic carbocycles. The molecule has 1 heterocycles. The van der Waals surface area contributed by atoms with Crippen LogP contribution in [0.3, 0.4) is 0 Å². The van der Waals surface area contributed by atoms with E-state index in [4.69, 9.17) is 37.4 Å². The van der Waals surface area contributed by atoms with Gasteiger partial charge in [-0.3, -0.25) is 14.5 Å². The molecule has 0 radical (unpaired) electrons. The average Bonchev–Trinajstić information content (AvgIpc) is 3.12. The Morgan fingerprint density at radius 3 is 2.44 bits per heavy atom. The minimum atomic E-state index is -0.357. The summed E-state index contributed by atoms with van der Waals surface area (Å²) in [5.74, 6) is 1.37. The largest absolute Gasteiger partial charge is 0.492 e. The fourth-order valence-corrected chi connectivity index (χ4v) is 4.62. The third kappa shape index (κ3) is 6.75. The third-order valence-electron chi connectivity index (χ3n) is 5.12. The number of halogens is 2. The number of carbonyl (C=O) groups excluding carboxylic acids is 2. The maximum Gasteiger partial charge on any atom is 0.293 e. The summed E-state index contributed by atoms with van der Waals surface area (Å²) in [4.78, 5) is 26.8. The first-order valence-corrected chi connectivity index (χ1v) is 12.8. The van der Waals surface area contributed by atoms with E-state index in [1.807, 2.05) is 31.2 Å². The number of imide groups is 1. The maximum absolute atomic E-state index is 12.8. The number of benzene rings is 3. The van der Waals surface area contributed by atoms with Crippen molar-refractivity contribution in [1.29, 1.82) is 0 Å². The van der Waals surface area contributed by atoms with Gasteiger partial charge in [0, 0.05) is 10.0 Å². The Hall–Kier alpha value is -3.13. The second-order valence-electron chi connectivity index (χ2n) is 7.69. The Balaban J connectivity index is 1.41. The van der Waals surface area contributed by atoms with Gasteiger partial charge < -0.3 is 14.2 Å². The van der Waals surface area contributed by atoms with Gasteiger partial charge in [0.15, 0.2) is 11.5 Å². The van der Waals surface area contributed by atoms with Gasteiger partial charge in [0.1, 0.15) is 19.0 Å². The van der Waals surface area contributed by atoms with Crippen LogP contribution in [0.5, 0.6) is 17.2 Å². The normalized spacial score (nSPS) is 14.4. The van der Waals surface area contributed by atoms with E-state index in [0.29, 0.717) is 45.4 Å². The molecule has 3 aromatic carbocycles. The standard InChI is InChI=1S/C27H23Cl2NO5S/c1-2-33-24-15-18(6-11-23(24)35-17-19-4-3-5-21(29)14-19)16-25-26(31)30(27(32)36-25)12-13-34-22-9-7-20(28)8-10-22/h3-11,14-16H,2,12-13,17H2,1H3/b25-16-. The molecule has 1 aliphatic rings. The van der Waals surface area contributed by atoms with Crippen LogP contribution in [0.25, 0.3) is 6.08 Å². The van der Waals surface area contributed by atoms with Crippen LogP contribution in [0.15, 0.2) is 71.6 Å². The lowest BCUT2D eigenvalue weighted by Gasteiger charge is -2.13. The van der Waals surface area contributed by atoms with E-state index in [1.165, 1.54) is 4.90 Å². The van der Waals surface area contributed by atoms with Crippen molar-refractivity contribution in [2.45, 2.75) is 13.5 Å². The molecule has 36 heavy (non-hydrogen) atoms. The summed E-state index contributed by atoms with van der Waals surface area (Å²) in [6.07, 6.45) is 1.67. The van der Waals surface area contributed by atoms with Crippen molar-refractivity contribution in [2.75, 3.05) is 19.8 Å². The van der Waals surface area contributed by atoms with Gasteiger partial charge in [0.05, 0.1) is 18.1 Å². The van der Waals surface area contributed by atoms with E-state index < -0.39 is 0 Å². The highest BCUT2D eigenvalue weighted by Gasteiger charge is 2.34. The zero-order valence-corrected chi connectivity index (χ0v) is 21.7. The molecule has 0 atom stereocenters. The molecule has 0 spiro atoms. The van der Waals surface area contributed by atoms with E-state index >= 15 is 0 Å². The van der Waals surface area contributed by atoms with Crippen LogP contribution in [0.1, 0.15) is 18.1 Å². The van der Waals surface area contributed by atoms with Gasteiger partial charge in [-0.15, -0.1) is 0 Å². The second-order valence-corrected chi connectivity index (χ2v) is 9.56. The first kappa shape index (κ1) is 25.9. The number of rotatable bonds is 10. The first-order chi connectivity index (χ1) is 17.4. The second kappa shape index (κ2) is 12.2. The number of carbonyl (C=O) groups is 2. The number of thioether (sulfide) groups is 1. The van der Waals surface area contributed by atoms with Gasteiger partial charge in [-0.25, -0.2) is 0 Å². The zero-order chi connectivity index (χ0) is 25.5. The van der Waals surface area contributed by atoms with Crippen LogP contribution in [-0.4, -0.2) is 35.8 Å². The highest BCUT2D eigenvalue weighted by atomic mass is 35.5. The molecular formula is C27H23Cl2NO5S. The summed E-state index contributed by atoms with van der Waals surface area (Å²) in [7, 11) is 0. The average molecular weight is 544 g/mol. The number of amides is 2. The molecule has 0 saturated carbocycles. The predicted octanol–water partition coefficient (Wildman–Crippen LogP) is 7.09. The van der Waals surface area contributed by atoms with E-state index in [2.05, 4.69) is 0 Å². The molecule has 4 rings (SSSR count). The van der Waals surface area contributed by atoms with Crippen LogP contribution in [-0.2, 0) is 11.4 Å². The maximum atomic E-state index is 12.8. The van der Waals surface area contributed by atoms with E-state index in [-0.39, 0.29) is 24.3 Å². The predicted molar refractivity (Wildman–Crippen MR) is 143 cm³/mol. The smallest absolute Gasteiger partial charge is 0.293 e. The topological polar surface area (TPSA) is 65.1 Å². The Labute approximate surface area is 223 Å². The molecular weight excluding hydrogens is 521 g/mol. The van der Waals surface area contributed by atoms with Gasteiger partial charge in [-0.05, 0) is 84.4 Å². The van der Waals surface area contributed by atoms with Gasteiger partial charge in [-0.1, -0.05) is 41.4 Å². The highest BCUT2D eigenvalue weighted by Crippen LogP contribution is 2.35. The number of nitrogens with zero attached hydrogens (tertiary/aromatic N) is 1. The van der Waals surface area contributed by atoms with Crippen molar-refractivity contribution in [1.82, 2.24) is 4.90 Å². The van der Waals surface area contributed by atoms with Crippen molar-refractivity contribution in [2.24, 2.45) is 0 Å². The summed E-state index contributed by atoms with van der Waals surface area (Å²) in [5, 5.41) is 0.908. The summed E-state index contributed by atoms with van der Waals surface area (Å²) in [6.45, 7) is 2.98. The molecule has 2 amide bonds. The number of ether oxygens (including phenoxy) is 3. The zero-order valence-electron chi connectivity index (χ0n) is 19.4. The fourth-order valence-electron chi connectivity index (χ4n) is 3.42. The lowest BCUT2D eigenvalue weighted by molar-refractivity contribution is -0.123. The van der Waals surface area contributed by atoms with Gasteiger partial charge in [0.25, 0.3) is 11.1 Å². The molecule has 0 N–H and O–H groups in total. The summed E-state index contributed by atoms with van der Waals surface area (Å²) < 4.78 is 17.3. The molecule has 1 fully saturated rings. The van der Waals surface area contributed by atoms with Crippen molar-refractivity contribution in [3.05, 3.63) is 92.8 Å². The highest BCUT2D eigenvalue weighted by molar-refractivity contribution is 8.18. The molecule has 0 bridgehead atoms. The molecule has 186 valence electrons. The molecule has 1 saturated heterocycles. The van der Waals surface area contributed by atoms with E-state index in [9.17, 15) is 9.59 Å². The quantitative estimate of drug-likeness (QED) is 0.254. The van der Waals surface area contributed by atoms with Crippen LogP contribution >= 0.6 is 35.0 Å². The first-order valence-electron chi connectivity index (χ1n) is 11.2. The Bertz CT molecular complexity index is 1280. The Morgan fingerprint density at radius 2 is 1.69 bits per heavy atom. The minimum Gasteiger partial charge on any atom is -0.492 e.